The molecule has 0 fully saturated rings. The van der Waals surface area contributed by atoms with E-state index in [-0.39, 0.29) is 17.9 Å². The number of nitrogens with one attached hydrogen (secondary N) is 1. The Hall–Kier alpha value is -1.88. The number of carbonyl (C=O) groups excluding carboxylic acids is 2. The van der Waals surface area contributed by atoms with Gasteiger partial charge in [0.05, 0.1) is 17.9 Å². The van der Waals surface area contributed by atoms with Crippen molar-refractivity contribution in [1.29, 1.82) is 0 Å². The lowest BCUT2D eigenvalue weighted by Crippen LogP contribution is -2.45. The predicted octanol–water partition coefficient (Wildman–Crippen LogP) is 2.09. The smallest absolute Gasteiger partial charge is 0.241 e. The highest BCUT2D eigenvalue weighted by atomic mass is 16.2. The van der Waals surface area contributed by atoms with Crippen molar-refractivity contribution in [2.24, 2.45) is 0 Å². The Morgan fingerprint density at radius 2 is 2.00 bits per heavy atom. The number of rotatable bonds is 4. The molecule has 1 atom stereocenters. The standard InChI is InChI=1S/C16H23N3O2/c1-4-18(5-2)11-16(21)19-12(3)10-15(20)17-13-8-6-7-9-14(13)19/h6-9,12H,4-5,10-11H2,1-3H3,(H,17,20). The fourth-order valence-corrected chi connectivity index (χ4v) is 2.68. The molecule has 1 aliphatic heterocycles. The molecule has 5 nitrogen and oxygen atoms in total. The molecule has 21 heavy (non-hydrogen) atoms. The molecule has 1 unspecified atom stereocenters. The van der Waals surface area contributed by atoms with Gasteiger partial charge >= 0.3 is 0 Å². The van der Waals surface area contributed by atoms with Gasteiger partial charge in [-0.05, 0) is 32.1 Å². The summed E-state index contributed by atoms with van der Waals surface area (Å²) in [4.78, 5) is 28.4. The van der Waals surface area contributed by atoms with Gasteiger partial charge in [0.25, 0.3) is 0 Å². The van der Waals surface area contributed by atoms with Crippen LogP contribution in [-0.2, 0) is 9.59 Å². The monoisotopic (exact) mass is 289 g/mol. The third-order valence-electron chi connectivity index (χ3n) is 3.88. The van der Waals surface area contributed by atoms with Crippen LogP contribution < -0.4 is 10.2 Å². The number of anilines is 2. The zero-order valence-electron chi connectivity index (χ0n) is 12.9. The normalized spacial score (nSPS) is 18.2. The van der Waals surface area contributed by atoms with Crippen molar-refractivity contribution in [1.82, 2.24) is 4.90 Å². The minimum atomic E-state index is -0.142. The molecule has 1 aromatic carbocycles. The summed E-state index contributed by atoms with van der Waals surface area (Å²) in [5.41, 5.74) is 1.49. The van der Waals surface area contributed by atoms with Crippen molar-refractivity contribution in [2.45, 2.75) is 33.2 Å². The predicted molar refractivity (Wildman–Crippen MR) is 84.4 cm³/mol. The highest BCUT2D eigenvalue weighted by Crippen LogP contribution is 2.31. The van der Waals surface area contributed by atoms with E-state index in [0.717, 1.165) is 18.8 Å². The van der Waals surface area contributed by atoms with Gasteiger partial charge in [-0.25, -0.2) is 0 Å². The molecule has 0 spiro atoms. The van der Waals surface area contributed by atoms with Gasteiger partial charge in [-0.3, -0.25) is 14.5 Å². The van der Waals surface area contributed by atoms with Crippen molar-refractivity contribution in [3.05, 3.63) is 24.3 Å². The Bertz CT molecular complexity index is 526. The number of amides is 2. The van der Waals surface area contributed by atoms with E-state index < -0.39 is 0 Å². The molecule has 1 aromatic rings. The molecule has 114 valence electrons. The molecule has 1 heterocycles. The van der Waals surface area contributed by atoms with E-state index in [0.29, 0.717) is 18.7 Å². The highest BCUT2D eigenvalue weighted by molar-refractivity contribution is 6.04. The number of carbonyl (C=O) groups is 2. The Balaban J connectivity index is 2.32. The molecule has 1 N–H and O–H groups in total. The molecule has 0 aliphatic carbocycles. The fraction of sp³-hybridized carbons (Fsp3) is 0.500. The number of hydrogen-bond acceptors (Lipinski definition) is 3. The van der Waals surface area contributed by atoms with E-state index in [1.54, 1.807) is 4.90 Å². The number of hydrogen-bond donors (Lipinski definition) is 1. The van der Waals surface area contributed by atoms with Gasteiger partial charge in [0.15, 0.2) is 0 Å². The topological polar surface area (TPSA) is 52.7 Å². The molecule has 0 bridgehead atoms. The molecular formula is C16H23N3O2. The van der Waals surface area contributed by atoms with E-state index in [1.165, 1.54) is 0 Å². The summed E-state index contributed by atoms with van der Waals surface area (Å²) in [7, 11) is 0. The van der Waals surface area contributed by atoms with Crippen molar-refractivity contribution < 1.29 is 9.59 Å². The second kappa shape index (κ2) is 6.72. The molecule has 0 radical (unpaired) electrons. The van der Waals surface area contributed by atoms with Crippen LogP contribution in [0.25, 0.3) is 0 Å². The average molecular weight is 289 g/mol. The van der Waals surface area contributed by atoms with Gasteiger partial charge in [-0.15, -0.1) is 0 Å². The SMILES string of the molecule is CCN(CC)CC(=O)N1c2ccccc2NC(=O)CC1C. The first-order chi connectivity index (χ1) is 10.1. The highest BCUT2D eigenvalue weighted by Gasteiger charge is 2.29. The minimum absolute atomic E-state index is 0.0372. The quantitative estimate of drug-likeness (QED) is 0.923. The third-order valence-corrected chi connectivity index (χ3v) is 3.88. The second-order valence-corrected chi connectivity index (χ2v) is 5.34. The van der Waals surface area contributed by atoms with E-state index >= 15 is 0 Å². The fourth-order valence-electron chi connectivity index (χ4n) is 2.68. The number of fused-ring (bicyclic) bond motifs is 1. The summed E-state index contributed by atoms with van der Waals surface area (Å²) in [5.74, 6) is -0.0109. The maximum absolute atomic E-state index is 12.7. The number of nitrogens with zero attached hydrogens (tertiary/aromatic N) is 2. The van der Waals surface area contributed by atoms with Crippen LogP contribution in [0.2, 0.25) is 0 Å². The van der Waals surface area contributed by atoms with Crippen molar-refractivity contribution in [2.75, 3.05) is 29.9 Å². The van der Waals surface area contributed by atoms with Crippen LogP contribution in [0.5, 0.6) is 0 Å². The van der Waals surface area contributed by atoms with Crippen molar-refractivity contribution in [3.63, 3.8) is 0 Å². The summed E-state index contributed by atoms with van der Waals surface area (Å²) in [6, 6.07) is 7.33. The number of likely N-dealkylation sites (N-methyl/N-ethyl adjacent to an activating group) is 1. The summed E-state index contributed by atoms with van der Waals surface area (Å²) in [6.45, 7) is 8.05. The van der Waals surface area contributed by atoms with Crippen LogP contribution >= 0.6 is 0 Å². The lowest BCUT2D eigenvalue weighted by molar-refractivity contribution is -0.120. The lowest BCUT2D eigenvalue weighted by atomic mass is 10.1. The van der Waals surface area contributed by atoms with Crippen molar-refractivity contribution >= 4 is 23.2 Å². The first-order valence-corrected chi connectivity index (χ1v) is 7.50. The van der Waals surface area contributed by atoms with Crippen LogP contribution in [0.1, 0.15) is 27.2 Å². The Labute approximate surface area is 125 Å². The van der Waals surface area contributed by atoms with Gasteiger partial charge in [0, 0.05) is 12.5 Å². The summed E-state index contributed by atoms with van der Waals surface area (Å²) in [5, 5.41) is 2.87. The van der Waals surface area contributed by atoms with Gasteiger partial charge < -0.3 is 10.2 Å². The van der Waals surface area contributed by atoms with Crippen LogP contribution in [0.3, 0.4) is 0 Å². The van der Waals surface area contributed by atoms with Crippen LogP contribution in [0, 0.1) is 0 Å². The maximum Gasteiger partial charge on any atom is 0.241 e. The number of benzene rings is 1. The summed E-state index contributed by atoms with van der Waals surface area (Å²) < 4.78 is 0. The van der Waals surface area contributed by atoms with Gasteiger partial charge in [0.2, 0.25) is 11.8 Å². The largest absolute Gasteiger partial charge is 0.324 e. The van der Waals surface area contributed by atoms with Crippen LogP contribution in [0.4, 0.5) is 11.4 Å². The Morgan fingerprint density at radius 1 is 1.33 bits per heavy atom. The number of para-hydroxylation sites is 2. The lowest BCUT2D eigenvalue weighted by Gasteiger charge is -2.30. The Kier molecular flexibility index (Phi) is 4.96. The first kappa shape index (κ1) is 15.5. The Morgan fingerprint density at radius 3 is 2.67 bits per heavy atom. The minimum Gasteiger partial charge on any atom is -0.324 e. The zero-order chi connectivity index (χ0) is 15.4. The average Bonchev–Trinajstić information content (AvgIpc) is 2.58. The molecule has 0 saturated heterocycles. The maximum atomic E-state index is 12.7. The van der Waals surface area contributed by atoms with E-state index in [2.05, 4.69) is 10.2 Å². The zero-order valence-corrected chi connectivity index (χ0v) is 12.9. The first-order valence-electron chi connectivity index (χ1n) is 7.50. The summed E-state index contributed by atoms with van der Waals surface area (Å²) >= 11 is 0. The second-order valence-electron chi connectivity index (χ2n) is 5.34. The molecule has 1 aliphatic rings. The molecule has 0 aromatic heterocycles. The molecule has 2 rings (SSSR count). The van der Waals surface area contributed by atoms with Crippen LogP contribution in [-0.4, -0.2) is 42.4 Å². The van der Waals surface area contributed by atoms with Gasteiger partial charge in [-0.1, -0.05) is 26.0 Å². The van der Waals surface area contributed by atoms with Crippen molar-refractivity contribution in [3.8, 4) is 0 Å². The molecule has 5 heteroatoms. The van der Waals surface area contributed by atoms with E-state index in [9.17, 15) is 9.59 Å². The van der Waals surface area contributed by atoms with Gasteiger partial charge in [-0.2, -0.15) is 0 Å². The van der Waals surface area contributed by atoms with E-state index in [4.69, 9.17) is 0 Å². The molecule has 2 amide bonds. The van der Waals surface area contributed by atoms with Crippen LogP contribution in [0.15, 0.2) is 24.3 Å². The molecular weight excluding hydrogens is 266 g/mol. The summed E-state index contributed by atoms with van der Waals surface area (Å²) in [6.07, 6.45) is 0.318. The molecule has 0 saturated carbocycles. The van der Waals surface area contributed by atoms with Gasteiger partial charge in [0.1, 0.15) is 0 Å². The van der Waals surface area contributed by atoms with E-state index in [1.807, 2.05) is 45.0 Å². The third kappa shape index (κ3) is 3.42.